The van der Waals surface area contributed by atoms with Gasteiger partial charge in [0, 0.05) is 13.5 Å². The summed E-state index contributed by atoms with van der Waals surface area (Å²) < 4.78 is 31.5. The molecule has 7 heteroatoms. The molecule has 2 aromatic carbocycles. The number of rotatable bonds is 7. The van der Waals surface area contributed by atoms with Crippen molar-refractivity contribution in [2.75, 3.05) is 18.0 Å². The van der Waals surface area contributed by atoms with Crippen molar-refractivity contribution >= 4 is 21.7 Å². The minimum absolute atomic E-state index is 0.0832. The van der Waals surface area contributed by atoms with Crippen LogP contribution in [0.4, 0.5) is 5.69 Å². The van der Waals surface area contributed by atoms with Crippen LogP contribution in [0.2, 0.25) is 0 Å². The normalized spacial score (nSPS) is 10.7. The van der Waals surface area contributed by atoms with Crippen LogP contribution < -0.4 is 4.31 Å². The van der Waals surface area contributed by atoms with E-state index in [0.29, 0.717) is 18.5 Å². The fraction of sp³-hybridized carbons (Fsp3) is 0.222. The maximum Gasteiger partial charge on any atom is 0.338 e. The fourth-order valence-electron chi connectivity index (χ4n) is 2.10. The Morgan fingerprint density at radius 1 is 1.12 bits per heavy atom. The number of esters is 1. The molecule has 0 aromatic heterocycles. The van der Waals surface area contributed by atoms with Gasteiger partial charge < -0.3 is 4.74 Å². The standard InChI is InChI=1S/C18H18N2O4S/c1-20(16-7-3-2-4-8-16)25(22,23)17-11-9-15(10-12-17)18(21)24-14-6-5-13-19/h2-4,7-12H,5-6,14H2,1H3. The van der Waals surface area contributed by atoms with Gasteiger partial charge >= 0.3 is 5.97 Å². The zero-order valence-corrected chi connectivity index (χ0v) is 14.6. The number of para-hydroxylation sites is 1. The third kappa shape index (κ3) is 4.58. The van der Waals surface area contributed by atoms with E-state index in [1.54, 1.807) is 30.3 Å². The topological polar surface area (TPSA) is 87.5 Å². The lowest BCUT2D eigenvalue weighted by Crippen LogP contribution is -2.26. The molecule has 0 atom stereocenters. The van der Waals surface area contributed by atoms with Gasteiger partial charge in [0.1, 0.15) is 0 Å². The van der Waals surface area contributed by atoms with E-state index in [0.717, 1.165) is 0 Å². The maximum atomic E-state index is 12.6. The van der Waals surface area contributed by atoms with Crippen LogP contribution in [-0.4, -0.2) is 28.0 Å². The molecule has 0 spiro atoms. The van der Waals surface area contributed by atoms with Crippen molar-refractivity contribution in [2.24, 2.45) is 0 Å². The summed E-state index contributed by atoms with van der Waals surface area (Å²) in [5, 5.41) is 8.43. The van der Waals surface area contributed by atoms with Crippen molar-refractivity contribution in [3.05, 3.63) is 60.2 Å². The van der Waals surface area contributed by atoms with Crippen LogP contribution in [0.1, 0.15) is 23.2 Å². The summed E-state index contributed by atoms with van der Waals surface area (Å²) in [5.41, 5.74) is 0.807. The molecule has 0 heterocycles. The van der Waals surface area contributed by atoms with Crippen molar-refractivity contribution in [3.63, 3.8) is 0 Å². The molecule has 0 radical (unpaired) electrons. The number of carbonyl (C=O) groups is 1. The Morgan fingerprint density at radius 2 is 1.76 bits per heavy atom. The molecule has 2 aromatic rings. The predicted molar refractivity (Wildman–Crippen MR) is 93.6 cm³/mol. The van der Waals surface area contributed by atoms with E-state index in [4.69, 9.17) is 10.00 Å². The van der Waals surface area contributed by atoms with E-state index >= 15 is 0 Å². The van der Waals surface area contributed by atoms with E-state index in [1.165, 1.54) is 35.6 Å². The number of hydrogen-bond acceptors (Lipinski definition) is 5. The minimum atomic E-state index is -3.71. The van der Waals surface area contributed by atoms with Gasteiger partial charge in [-0.25, -0.2) is 13.2 Å². The van der Waals surface area contributed by atoms with Gasteiger partial charge in [0.2, 0.25) is 0 Å². The smallest absolute Gasteiger partial charge is 0.338 e. The predicted octanol–water partition coefficient (Wildman–Crippen LogP) is 2.97. The number of unbranched alkanes of at least 4 members (excludes halogenated alkanes) is 1. The molecule has 0 saturated heterocycles. The van der Waals surface area contributed by atoms with Crippen molar-refractivity contribution < 1.29 is 17.9 Å². The molecule has 0 N–H and O–H groups in total. The Morgan fingerprint density at radius 3 is 2.36 bits per heavy atom. The van der Waals surface area contributed by atoms with Crippen LogP contribution in [0.5, 0.6) is 0 Å². The average Bonchev–Trinajstić information content (AvgIpc) is 2.65. The van der Waals surface area contributed by atoms with Gasteiger partial charge in [0.05, 0.1) is 28.8 Å². The highest BCUT2D eigenvalue weighted by molar-refractivity contribution is 7.92. The molecule has 2 rings (SSSR count). The molecule has 25 heavy (non-hydrogen) atoms. The van der Waals surface area contributed by atoms with Crippen LogP contribution in [0.3, 0.4) is 0 Å². The molecule has 0 fully saturated rings. The van der Waals surface area contributed by atoms with Crippen molar-refractivity contribution in [3.8, 4) is 6.07 Å². The second kappa shape index (κ2) is 8.31. The largest absolute Gasteiger partial charge is 0.462 e. The summed E-state index contributed by atoms with van der Waals surface area (Å²) in [6.45, 7) is 0.156. The van der Waals surface area contributed by atoms with E-state index in [2.05, 4.69) is 0 Å². The van der Waals surface area contributed by atoms with Crippen LogP contribution >= 0.6 is 0 Å². The first-order valence-electron chi connectivity index (χ1n) is 7.65. The van der Waals surface area contributed by atoms with Gasteiger partial charge in [-0.2, -0.15) is 5.26 Å². The van der Waals surface area contributed by atoms with Crippen LogP contribution in [0.15, 0.2) is 59.5 Å². The van der Waals surface area contributed by atoms with E-state index in [1.807, 2.05) is 6.07 Å². The molecule has 0 aliphatic heterocycles. The SMILES string of the molecule is CN(c1ccccc1)S(=O)(=O)c1ccc(C(=O)OCCCC#N)cc1. The summed E-state index contributed by atoms with van der Waals surface area (Å²) >= 11 is 0. The summed E-state index contributed by atoms with van der Waals surface area (Å²) in [4.78, 5) is 11.9. The molecule has 0 amide bonds. The maximum absolute atomic E-state index is 12.6. The van der Waals surface area contributed by atoms with Gasteiger partial charge in [-0.05, 0) is 42.8 Å². The Bertz CT molecular complexity index is 856. The first-order valence-corrected chi connectivity index (χ1v) is 9.09. The number of ether oxygens (including phenoxy) is 1. The average molecular weight is 358 g/mol. The summed E-state index contributed by atoms with van der Waals surface area (Å²) in [7, 11) is -2.24. The monoisotopic (exact) mass is 358 g/mol. The first-order chi connectivity index (χ1) is 12.0. The van der Waals surface area contributed by atoms with Gasteiger partial charge in [0.25, 0.3) is 10.0 Å². The molecular weight excluding hydrogens is 340 g/mol. The number of sulfonamides is 1. The molecular formula is C18H18N2O4S. The Hall–Kier alpha value is -2.85. The number of benzene rings is 2. The molecule has 0 aliphatic rings. The van der Waals surface area contributed by atoms with E-state index < -0.39 is 16.0 Å². The Labute approximate surface area is 147 Å². The Kier molecular flexibility index (Phi) is 6.14. The molecule has 0 bridgehead atoms. The second-order valence-corrected chi connectivity index (χ2v) is 7.20. The second-order valence-electron chi connectivity index (χ2n) is 5.23. The van der Waals surface area contributed by atoms with Crippen molar-refractivity contribution in [1.82, 2.24) is 0 Å². The number of nitrogens with zero attached hydrogens (tertiary/aromatic N) is 2. The van der Waals surface area contributed by atoms with Crippen LogP contribution in [-0.2, 0) is 14.8 Å². The quantitative estimate of drug-likeness (QED) is 0.561. The van der Waals surface area contributed by atoms with Gasteiger partial charge in [-0.3, -0.25) is 4.31 Å². The lowest BCUT2D eigenvalue weighted by atomic mass is 10.2. The number of hydrogen-bond donors (Lipinski definition) is 0. The third-order valence-corrected chi connectivity index (χ3v) is 5.33. The minimum Gasteiger partial charge on any atom is -0.462 e. The first kappa shape index (κ1) is 18.5. The van der Waals surface area contributed by atoms with Crippen LogP contribution in [0, 0.1) is 11.3 Å². The van der Waals surface area contributed by atoms with Gasteiger partial charge in [-0.15, -0.1) is 0 Å². The molecule has 0 aliphatic carbocycles. The lowest BCUT2D eigenvalue weighted by molar-refractivity contribution is 0.0501. The summed E-state index contributed by atoms with van der Waals surface area (Å²) in [5.74, 6) is -0.543. The van der Waals surface area contributed by atoms with Gasteiger partial charge in [-0.1, -0.05) is 18.2 Å². The highest BCUT2D eigenvalue weighted by Gasteiger charge is 2.21. The zero-order chi connectivity index (χ0) is 18.3. The molecule has 130 valence electrons. The third-order valence-electron chi connectivity index (χ3n) is 3.53. The summed E-state index contributed by atoms with van der Waals surface area (Å²) in [6, 6.07) is 16.3. The summed E-state index contributed by atoms with van der Waals surface area (Å²) in [6.07, 6.45) is 0.785. The van der Waals surface area contributed by atoms with Crippen LogP contribution in [0.25, 0.3) is 0 Å². The van der Waals surface area contributed by atoms with E-state index in [9.17, 15) is 13.2 Å². The van der Waals surface area contributed by atoms with Crippen molar-refractivity contribution in [1.29, 1.82) is 5.26 Å². The van der Waals surface area contributed by atoms with Gasteiger partial charge in [0.15, 0.2) is 0 Å². The number of carbonyl (C=O) groups excluding carboxylic acids is 1. The number of anilines is 1. The Balaban J connectivity index is 2.11. The fourth-order valence-corrected chi connectivity index (χ4v) is 3.29. The zero-order valence-electron chi connectivity index (χ0n) is 13.8. The van der Waals surface area contributed by atoms with E-state index in [-0.39, 0.29) is 17.1 Å². The molecule has 0 unspecified atom stereocenters. The highest BCUT2D eigenvalue weighted by atomic mass is 32.2. The number of nitriles is 1. The molecule has 0 saturated carbocycles. The lowest BCUT2D eigenvalue weighted by Gasteiger charge is -2.19. The highest BCUT2D eigenvalue weighted by Crippen LogP contribution is 2.22. The van der Waals surface area contributed by atoms with Crippen molar-refractivity contribution in [2.45, 2.75) is 17.7 Å². The molecule has 6 nitrogen and oxygen atoms in total.